The molecule has 27 heavy (non-hydrogen) atoms. The molecule has 0 aliphatic carbocycles. The van der Waals surface area contributed by atoms with E-state index in [-0.39, 0.29) is 5.65 Å². The predicted octanol–water partition coefficient (Wildman–Crippen LogP) is 5.57. The van der Waals surface area contributed by atoms with Crippen LogP contribution in [0, 0.1) is 0 Å². The number of nitrogens with zero attached hydrogens (tertiary/aromatic N) is 6. The lowest BCUT2D eigenvalue weighted by atomic mass is 10.2. The van der Waals surface area contributed by atoms with Gasteiger partial charge in [0.25, 0.3) is 0 Å². The Labute approximate surface area is 170 Å². The number of aromatic nitrogens is 4. The molecule has 0 saturated carbocycles. The van der Waals surface area contributed by atoms with Crippen molar-refractivity contribution in [2.24, 2.45) is 10.2 Å². The molecule has 0 bridgehead atoms. The van der Waals surface area contributed by atoms with Crippen LogP contribution in [0.25, 0.3) is 11.3 Å². The van der Waals surface area contributed by atoms with Crippen LogP contribution in [0.3, 0.4) is 0 Å². The number of rotatable bonds is 5. The Bertz CT molecular complexity index is 1110. The first kappa shape index (κ1) is 17.7. The van der Waals surface area contributed by atoms with E-state index in [4.69, 9.17) is 4.63 Å². The minimum absolute atomic E-state index is 0.271. The second kappa shape index (κ2) is 7.89. The van der Waals surface area contributed by atoms with Gasteiger partial charge in [0.05, 0.1) is 6.54 Å². The van der Waals surface area contributed by atoms with E-state index in [1.165, 1.54) is 0 Å². The molecule has 2 heterocycles. The second-order valence-corrected chi connectivity index (χ2v) is 7.30. The standard InChI is InChI=1S/C17H11Br2N7O/c18-11-6-4-10(5-7-11)9-20-24-15-14(21-13-3-1-2-12(19)8-13)22-16-17(23-15)26-27-25-16/h1-8H,9H2,(H,21,22,25). The van der Waals surface area contributed by atoms with Gasteiger partial charge in [-0.1, -0.05) is 50.1 Å². The molecule has 0 unspecified atom stereocenters. The Kier molecular flexibility index (Phi) is 5.16. The summed E-state index contributed by atoms with van der Waals surface area (Å²) in [5, 5.41) is 19.1. The maximum atomic E-state index is 4.69. The fraction of sp³-hybridized carbons (Fsp3) is 0.0588. The van der Waals surface area contributed by atoms with Crippen molar-refractivity contribution in [3.05, 3.63) is 63.0 Å². The van der Waals surface area contributed by atoms with E-state index in [9.17, 15) is 0 Å². The van der Waals surface area contributed by atoms with Crippen molar-refractivity contribution >= 4 is 60.5 Å². The van der Waals surface area contributed by atoms with Crippen molar-refractivity contribution in [3.63, 3.8) is 0 Å². The number of nitrogens with one attached hydrogen (secondary N) is 1. The molecule has 0 radical (unpaired) electrons. The average molecular weight is 489 g/mol. The zero-order chi connectivity index (χ0) is 18.6. The third-order valence-electron chi connectivity index (χ3n) is 3.52. The summed E-state index contributed by atoms with van der Waals surface area (Å²) in [7, 11) is 0. The number of benzene rings is 2. The molecule has 8 nitrogen and oxygen atoms in total. The van der Waals surface area contributed by atoms with Crippen LogP contribution >= 0.6 is 31.9 Å². The van der Waals surface area contributed by atoms with Gasteiger partial charge in [-0.25, -0.2) is 9.61 Å². The lowest BCUT2D eigenvalue weighted by Crippen LogP contribution is -1.97. The molecule has 4 aromatic rings. The molecule has 2 aromatic carbocycles. The summed E-state index contributed by atoms with van der Waals surface area (Å²) >= 11 is 6.85. The summed E-state index contributed by atoms with van der Waals surface area (Å²) < 4.78 is 6.64. The third kappa shape index (κ3) is 4.34. The number of halogens is 2. The van der Waals surface area contributed by atoms with E-state index in [1.807, 2.05) is 48.5 Å². The highest BCUT2D eigenvalue weighted by molar-refractivity contribution is 9.10. The van der Waals surface area contributed by atoms with Crippen molar-refractivity contribution in [1.29, 1.82) is 0 Å². The van der Waals surface area contributed by atoms with E-state index in [1.54, 1.807) is 0 Å². The van der Waals surface area contributed by atoms with Crippen LogP contribution in [0.15, 0.2) is 72.3 Å². The highest BCUT2D eigenvalue weighted by atomic mass is 79.9. The van der Waals surface area contributed by atoms with Gasteiger partial charge in [-0.15, -0.1) is 5.11 Å². The smallest absolute Gasteiger partial charge is 0.245 e. The summed E-state index contributed by atoms with van der Waals surface area (Å²) in [4.78, 5) is 8.71. The molecular weight excluding hydrogens is 478 g/mol. The number of hydrogen-bond acceptors (Lipinski definition) is 8. The summed E-state index contributed by atoms with van der Waals surface area (Å²) in [5.74, 6) is 0.714. The van der Waals surface area contributed by atoms with Crippen LogP contribution in [-0.2, 0) is 6.54 Å². The molecule has 134 valence electrons. The fourth-order valence-corrected chi connectivity index (χ4v) is 2.92. The minimum atomic E-state index is 0.271. The number of hydrogen-bond donors (Lipinski definition) is 1. The van der Waals surface area contributed by atoms with Crippen molar-refractivity contribution in [2.75, 3.05) is 5.32 Å². The molecule has 4 rings (SSSR count). The molecule has 0 fully saturated rings. The Morgan fingerprint density at radius 1 is 0.926 bits per heavy atom. The molecule has 0 aliphatic heterocycles. The van der Waals surface area contributed by atoms with Crippen molar-refractivity contribution < 1.29 is 4.63 Å². The van der Waals surface area contributed by atoms with Crippen LogP contribution in [0.2, 0.25) is 0 Å². The molecule has 1 N–H and O–H groups in total. The Morgan fingerprint density at radius 2 is 1.70 bits per heavy atom. The van der Waals surface area contributed by atoms with Gasteiger partial charge in [-0.2, -0.15) is 10.1 Å². The largest absolute Gasteiger partial charge is 0.337 e. The number of anilines is 2. The first-order valence-electron chi connectivity index (χ1n) is 7.82. The molecule has 0 saturated heterocycles. The van der Waals surface area contributed by atoms with Crippen LogP contribution < -0.4 is 5.32 Å². The maximum Gasteiger partial charge on any atom is 0.245 e. The van der Waals surface area contributed by atoms with Gasteiger partial charge < -0.3 is 5.32 Å². The van der Waals surface area contributed by atoms with E-state index in [0.717, 1.165) is 20.2 Å². The maximum absolute atomic E-state index is 4.69. The van der Waals surface area contributed by atoms with Crippen LogP contribution in [-0.4, -0.2) is 20.3 Å². The molecule has 2 aromatic heterocycles. The van der Waals surface area contributed by atoms with Gasteiger partial charge in [0, 0.05) is 14.6 Å². The van der Waals surface area contributed by atoms with Gasteiger partial charge in [0.2, 0.25) is 17.1 Å². The quantitative estimate of drug-likeness (QED) is 0.368. The molecule has 0 spiro atoms. The summed E-state index contributed by atoms with van der Waals surface area (Å²) in [6.45, 7) is 0.417. The molecule has 0 aliphatic rings. The average Bonchev–Trinajstić information content (AvgIpc) is 3.11. The van der Waals surface area contributed by atoms with Gasteiger partial charge in [0.15, 0.2) is 5.82 Å². The summed E-state index contributed by atoms with van der Waals surface area (Å²) in [6.07, 6.45) is 0. The van der Waals surface area contributed by atoms with Crippen LogP contribution in [0.4, 0.5) is 17.3 Å². The van der Waals surface area contributed by atoms with E-state index < -0.39 is 0 Å². The normalized spacial score (nSPS) is 11.3. The Balaban J connectivity index is 1.63. The van der Waals surface area contributed by atoms with Gasteiger partial charge in [-0.3, -0.25) is 0 Å². The van der Waals surface area contributed by atoms with Gasteiger partial charge in [-0.05, 0) is 46.2 Å². The van der Waals surface area contributed by atoms with E-state index in [2.05, 4.69) is 67.7 Å². The molecule has 0 amide bonds. The lowest BCUT2D eigenvalue weighted by molar-refractivity contribution is 0.314. The van der Waals surface area contributed by atoms with Crippen molar-refractivity contribution in [1.82, 2.24) is 20.3 Å². The monoisotopic (exact) mass is 487 g/mol. The number of azo groups is 1. The number of fused-ring (bicyclic) bond motifs is 1. The fourth-order valence-electron chi connectivity index (χ4n) is 2.26. The third-order valence-corrected chi connectivity index (χ3v) is 4.54. The summed E-state index contributed by atoms with van der Waals surface area (Å²) in [5.41, 5.74) is 2.41. The minimum Gasteiger partial charge on any atom is -0.337 e. The van der Waals surface area contributed by atoms with Gasteiger partial charge >= 0.3 is 0 Å². The molecule has 10 heteroatoms. The molecule has 0 atom stereocenters. The van der Waals surface area contributed by atoms with Crippen molar-refractivity contribution in [3.8, 4) is 0 Å². The SMILES string of the molecule is Brc1ccc(CN=Nc2nc3nonc3nc2Nc2cccc(Br)c2)cc1. The van der Waals surface area contributed by atoms with Crippen LogP contribution in [0.5, 0.6) is 0 Å². The highest BCUT2D eigenvalue weighted by Crippen LogP contribution is 2.27. The lowest BCUT2D eigenvalue weighted by Gasteiger charge is -2.07. The van der Waals surface area contributed by atoms with Crippen molar-refractivity contribution in [2.45, 2.75) is 6.54 Å². The Morgan fingerprint density at radius 3 is 2.48 bits per heavy atom. The molecular formula is C17H11Br2N7O. The second-order valence-electron chi connectivity index (χ2n) is 5.47. The first-order chi connectivity index (χ1) is 13.2. The van der Waals surface area contributed by atoms with E-state index >= 15 is 0 Å². The van der Waals surface area contributed by atoms with E-state index in [0.29, 0.717) is 23.8 Å². The zero-order valence-corrected chi connectivity index (χ0v) is 16.8. The predicted molar refractivity (Wildman–Crippen MR) is 107 cm³/mol. The summed E-state index contributed by atoms with van der Waals surface area (Å²) in [6, 6.07) is 15.5. The topological polar surface area (TPSA) is 101 Å². The first-order valence-corrected chi connectivity index (χ1v) is 9.41. The zero-order valence-electron chi connectivity index (χ0n) is 13.7. The van der Waals surface area contributed by atoms with Crippen LogP contribution in [0.1, 0.15) is 5.56 Å². The Hall–Kier alpha value is -2.72. The van der Waals surface area contributed by atoms with Gasteiger partial charge in [0.1, 0.15) is 0 Å². The highest BCUT2D eigenvalue weighted by Gasteiger charge is 2.13.